The molecule has 4 rings (SSSR count). The number of hydrogen-bond acceptors (Lipinski definition) is 3. The second-order valence-corrected chi connectivity index (χ2v) is 6.29. The van der Waals surface area contributed by atoms with Crippen LogP contribution in [0.25, 0.3) is 17.0 Å². The van der Waals surface area contributed by atoms with E-state index < -0.39 is 0 Å². The molecule has 1 saturated heterocycles. The van der Waals surface area contributed by atoms with Crippen molar-refractivity contribution in [2.75, 3.05) is 12.0 Å². The minimum absolute atomic E-state index is 0.105. The highest BCUT2D eigenvalue weighted by molar-refractivity contribution is 6.29. The number of nitrogens with zero attached hydrogens (tertiary/aromatic N) is 2. The fourth-order valence-electron chi connectivity index (χ4n) is 3.36. The van der Waals surface area contributed by atoms with E-state index in [1.54, 1.807) is 31.4 Å². The van der Waals surface area contributed by atoms with Crippen molar-refractivity contribution in [1.82, 2.24) is 4.57 Å². The van der Waals surface area contributed by atoms with Crippen LogP contribution < -0.4 is 9.64 Å². The molecule has 5 nitrogen and oxygen atoms in total. The second kappa shape index (κ2) is 6.19. The first-order valence-corrected chi connectivity index (χ1v) is 8.34. The maximum absolute atomic E-state index is 12.8. The van der Waals surface area contributed by atoms with Gasteiger partial charge in [-0.05, 0) is 36.4 Å². The summed E-state index contributed by atoms with van der Waals surface area (Å²) >= 11 is 0. The summed E-state index contributed by atoms with van der Waals surface area (Å²) in [7, 11) is 3.54. The average Bonchev–Trinajstić information content (AvgIpc) is 3.12. The largest absolute Gasteiger partial charge is 0.497 e. The SMILES string of the molecule is COc1ccc(N2C(=O)C/C(=C/c3cn(C)c4ccccc34)C2=O)cc1. The maximum atomic E-state index is 12.8. The van der Waals surface area contributed by atoms with Gasteiger partial charge in [-0.25, -0.2) is 4.90 Å². The van der Waals surface area contributed by atoms with Crippen molar-refractivity contribution in [3.63, 3.8) is 0 Å². The average molecular weight is 346 g/mol. The summed E-state index contributed by atoms with van der Waals surface area (Å²) < 4.78 is 7.14. The smallest absolute Gasteiger partial charge is 0.261 e. The van der Waals surface area contributed by atoms with E-state index in [4.69, 9.17) is 4.74 Å². The van der Waals surface area contributed by atoms with Crippen LogP contribution in [-0.2, 0) is 16.6 Å². The molecule has 0 bridgehead atoms. The van der Waals surface area contributed by atoms with Gasteiger partial charge < -0.3 is 9.30 Å². The summed E-state index contributed by atoms with van der Waals surface area (Å²) in [5.41, 5.74) is 3.09. The zero-order valence-electron chi connectivity index (χ0n) is 14.6. The van der Waals surface area contributed by atoms with Crippen LogP contribution in [0.5, 0.6) is 5.75 Å². The van der Waals surface area contributed by atoms with Crippen molar-refractivity contribution in [1.29, 1.82) is 0 Å². The number of para-hydroxylation sites is 1. The maximum Gasteiger partial charge on any atom is 0.261 e. The molecule has 0 radical (unpaired) electrons. The van der Waals surface area contributed by atoms with Crippen LogP contribution in [0.15, 0.2) is 60.3 Å². The molecule has 130 valence electrons. The molecule has 0 unspecified atom stereocenters. The van der Waals surface area contributed by atoms with Gasteiger partial charge in [0.25, 0.3) is 5.91 Å². The van der Waals surface area contributed by atoms with Crippen LogP contribution in [0.3, 0.4) is 0 Å². The number of aryl methyl sites for hydroxylation is 1. The molecule has 1 fully saturated rings. The number of hydrogen-bond donors (Lipinski definition) is 0. The zero-order valence-corrected chi connectivity index (χ0v) is 14.6. The summed E-state index contributed by atoms with van der Waals surface area (Å²) in [6.07, 6.45) is 3.91. The van der Waals surface area contributed by atoms with E-state index in [-0.39, 0.29) is 18.2 Å². The van der Waals surface area contributed by atoms with Crippen LogP contribution in [0, 0.1) is 0 Å². The molecule has 3 aromatic rings. The molecule has 2 heterocycles. The summed E-state index contributed by atoms with van der Waals surface area (Å²) in [5, 5.41) is 1.06. The highest BCUT2D eigenvalue weighted by atomic mass is 16.5. The lowest BCUT2D eigenvalue weighted by Crippen LogP contribution is -2.28. The summed E-state index contributed by atoms with van der Waals surface area (Å²) in [6, 6.07) is 14.9. The van der Waals surface area contributed by atoms with E-state index in [9.17, 15) is 9.59 Å². The number of fused-ring (bicyclic) bond motifs is 1. The lowest BCUT2D eigenvalue weighted by molar-refractivity contribution is -0.120. The van der Waals surface area contributed by atoms with Gasteiger partial charge in [-0.3, -0.25) is 9.59 Å². The lowest BCUT2D eigenvalue weighted by atomic mass is 10.1. The number of methoxy groups -OCH3 is 1. The molecule has 0 N–H and O–H groups in total. The topological polar surface area (TPSA) is 51.5 Å². The molecular weight excluding hydrogens is 328 g/mol. The first kappa shape index (κ1) is 16.1. The highest BCUT2D eigenvalue weighted by Gasteiger charge is 2.35. The van der Waals surface area contributed by atoms with Crippen molar-refractivity contribution in [3.8, 4) is 5.75 Å². The Morgan fingerprint density at radius 3 is 2.50 bits per heavy atom. The summed E-state index contributed by atoms with van der Waals surface area (Å²) in [4.78, 5) is 26.5. The van der Waals surface area contributed by atoms with Gasteiger partial charge >= 0.3 is 0 Å². The van der Waals surface area contributed by atoms with Crippen molar-refractivity contribution < 1.29 is 14.3 Å². The van der Waals surface area contributed by atoms with E-state index in [2.05, 4.69) is 0 Å². The van der Waals surface area contributed by atoms with Crippen molar-refractivity contribution in [2.45, 2.75) is 6.42 Å². The quantitative estimate of drug-likeness (QED) is 0.538. The van der Waals surface area contributed by atoms with Crippen LogP contribution in [0.4, 0.5) is 5.69 Å². The van der Waals surface area contributed by atoms with Gasteiger partial charge in [-0.15, -0.1) is 0 Å². The zero-order chi connectivity index (χ0) is 18.3. The Hall–Kier alpha value is -3.34. The Bertz CT molecular complexity index is 1040. The summed E-state index contributed by atoms with van der Waals surface area (Å²) in [6.45, 7) is 0. The van der Waals surface area contributed by atoms with Gasteiger partial charge in [0, 0.05) is 35.3 Å². The molecule has 0 aliphatic carbocycles. The summed E-state index contributed by atoms with van der Waals surface area (Å²) in [5.74, 6) is 0.194. The van der Waals surface area contributed by atoms with Crippen molar-refractivity contribution in [2.24, 2.45) is 7.05 Å². The molecular formula is C21H18N2O3. The van der Waals surface area contributed by atoms with Gasteiger partial charge in [-0.2, -0.15) is 0 Å². The Morgan fingerprint density at radius 2 is 1.77 bits per heavy atom. The fraction of sp³-hybridized carbons (Fsp3) is 0.143. The lowest BCUT2D eigenvalue weighted by Gasteiger charge is -2.13. The van der Waals surface area contributed by atoms with Gasteiger partial charge in [0.15, 0.2) is 0 Å². The van der Waals surface area contributed by atoms with Crippen molar-refractivity contribution >= 4 is 34.5 Å². The predicted octanol–water partition coefficient (Wildman–Crippen LogP) is 3.53. The molecule has 2 amide bonds. The fourth-order valence-corrected chi connectivity index (χ4v) is 3.36. The Balaban J connectivity index is 1.71. The monoisotopic (exact) mass is 346 g/mol. The number of aromatic nitrogens is 1. The second-order valence-electron chi connectivity index (χ2n) is 6.29. The number of imide groups is 1. The Morgan fingerprint density at radius 1 is 1.04 bits per heavy atom. The van der Waals surface area contributed by atoms with E-state index in [1.165, 1.54) is 4.90 Å². The van der Waals surface area contributed by atoms with E-state index >= 15 is 0 Å². The van der Waals surface area contributed by atoms with Crippen LogP contribution >= 0.6 is 0 Å². The van der Waals surface area contributed by atoms with Gasteiger partial charge in [0.1, 0.15) is 5.75 Å². The van der Waals surface area contributed by atoms with E-state index in [1.807, 2.05) is 48.2 Å². The molecule has 1 aliphatic rings. The van der Waals surface area contributed by atoms with Gasteiger partial charge in [0.05, 0.1) is 19.2 Å². The predicted molar refractivity (Wildman–Crippen MR) is 101 cm³/mol. The van der Waals surface area contributed by atoms with Gasteiger partial charge in [0.2, 0.25) is 5.91 Å². The van der Waals surface area contributed by atoms with Gasteiger partial charge in [-0.1, -0.05) is 18.2 Å². The minimum Gasteiger partial charge on any atom is -0.497 e. The number of carbonyl (C=O) groups excluding carboxylic acids is 2. The molecule has 0 spiro atoms. The van der Waals surface area contributed by atoms with Crippen LogP contribution in [0.1, 0.15) is 12.0 Å². The number of carbonyl (C=O) groups is 2. The molecule has 1 aromatic heterocycles. The highest BCUT2D eigenvalue weighted by Crippen LogP contribution is 2.30. The van der Waals surface area contributed by atoms with Crippen LogP contribution in [0.2, 0.25) is 0 Å². The van der Waals surface area contributed by atoms with E-state index in [0.29, 0.717) is 17.0 Å². The Labute approximate surface area is 151 Å². The number of benzene rings is 2. The third-order valence-corrected chi connectivity index (χ3v) is 4.66. The number of anilines is 1. The first-order valence-electron chi connectivity index (χ1n) is 8.34. The molecule has 2 aromatic carbocycles. The number of amides is 2. The number of rotatable bonds is 3. The molecule has 0 atom stereocenters. The minimum atomic E-state index is -0.270. The molecule has 1 aliphatic heterocycles. The third kappa shape index (κ3) is 2.58. The Kier molecular flexibility index (Phi) is 3.84. The van der Waals surface area contributed by atoms with E-state index in [0.717, 1.165) is 16.5 Å². The number of ether oxygens (including phenoxy) is 1. The molecule has 0 saturated carbocycles. The standard InChI is InChI=1S/C21H18N2O3/c1-22-13-15(18-5-3-4-6-19(18)22)11-14-12-20(24)23(21(14)25)16-7-9-17(26-2)10-8-16/h3-11,13H,12H2,1-2H3/b14-11-. The molecule has 5 heteroatoms. The van der Waals surface area contributed by atoms with Crippen LogP contribution in [-0.4, -0.2) is 23.5 Å². The molecule has 26 heavy (non-hydrogen) atoms. The third-order valence-electron chi connectivity index (χ3n) is 4.66. The van der Waals surface area contributed by atoms with Crippen molar-refractivity contribution in [3.05, 3.63) is 65.9 Å². The first-order chi connectivity index (χ1) is 12.6. The normalized spacial score (nSPS) is 16.1.